The first-order chi connectivity index (χ1) is 15.0. The number of piperidine rings is 1. The second-order valence-electron chi connectivity index (χ2n) is 7.73. The lowest BCUT2D eigenvalue weighted by atomic mass is 9.96. The molecule has 1 aliphatic heterocycles. The molecule has 3 aromatic rings. The molecule has 0 radical (unpaired) electrons. The number of nitrogens with zero attached hydrogens (tertiary/aromatic N) is 3. The predicted molar refractivity (Wildman–Crippen MR) is 119 cm³/mol. The molecule has 162 valence electrons. The lowest BCUT2D eigenvalue weighted by molar-refractivity contribution is -0.131. The lowest BCUT2D eigenvalue weighted by Crippen LogP contribution is -2.44. The number of sulfonamides is 1. The van der Waals surface area contributed by atoms with E-state index in [1.54, 1.807) is 23.1 Å². The molecule has 31 heavy (non-hydrogen) atoms. The molecule has 1 aromatic heterocycles. The first-order valence-electron chi connectivity index (χ1n) is 10.4. The molecule has 0 unspecified atom stereocenters. The average Bonchev–Trinajstić information content (AvgIpc) is 3.27. The van der Waals surface area contributed by atoms with E-state index in [1.165, 1.54) is 12.1 Å². The van der Waals surface area contributed by atoms with Crippen molar-refractivity contribution in [3.8, 4) is 11.4 Å². The van der Waals surface area contributed by atoms with Gasteiger partial charge < -0.3 is 9.47 Å². The van der Waals surface area contributed by atoms with E-state index < -0.39 is 10.0 Å². The van der Waals surface area contributed by atoms with Crippen LogP contribution in [-0.4, -0.2) is 48.4 Å². The van der Waals surface area contributed by atoms with E-state index in [0.717, 1.165) is 30.8 Å². The van der Waals surface area contributed by atoms with Gasteiger partial charge in [0.1, 0.15) is 5.82 Å². The summed E-state index contributed by atoms with van der Waals surface area (Å²) in [5.41, 5.74) is 1.09. The Morgan fingerprint density at radius 1 is 1.00 bits per heavy atom. The summed E-state index contributed by atoms with van der Waals surface area (Å²) in [5, 5.41) is 0. The topological polar surface area (TPSA) is 84.3 Å². The molecule has 2 aromatic carbocycles. The van der Waals surface area contributed by atoms with Crippen molar-refractivity contribution >= 4 is 15.9 Å². The van der Waals surface area contributed by atoms with Crippen molar-refractivity contribution in [2.75, 3.05) is 19.6 Å². The van der Waals surface area contributed by atoms with Gasteiger partial charge in [0.15, 0.2) is 0 Å². The summed E-state index contributed by atoms with van der Waals surface area (Å²) >= 11 is 0. The van der Waals surface area contributed by atoms with E-state index in [4.69, 9.17) is 0 Å². The van der Waals surface area contributed by atoms with E-state index in [9.17, 15) is 13.2 Å². The van der Waals surface area contributed by atoms with Crippen molar-refractivity contribution in [2.24, 2.45) is 5.92 Å². The van der Waals surface area contributed by atoms with Crippen LogP contribution in [-0.2, 0) is 21.4 Å². The summed E-state index contributed by atoms with van der Waals surface area (Å²) in [4.78, 5) is 18.9. The number of imidazole rings is 1. The molecule has 0 bridgehead atoms. The number of aromatic nitrogens is 2. The number of carbonyl (C=O) groups excluding carboxylic acids is 1. The number of rotatable bonds is 7. The van der Waals surface area contributed by atoms with Gasteiger partial charge in [0.2, 0.25) is 15.9 Å². The highest BCUT2D eigenvalue weighted by atomic mass is 32.2. The Kier molecular flexibility index (Phi) is 6.48. The smallest absolute Gasteiger partial charge is 0.241 e. The molecular weight excluding hydrogens is 412 g/mol. The van der Waals surface area contributed by atoms with Crippen molar-refractivity contribution < 1.29 is 13.2 Å². The zero-order valence-electron chi connectivity index (χ0n) is 17.2. The third-order valence-corrected chi connectivity index (χ3v) is 7.05. The second-order valence-corrected chi connectivity index (χ2v) is 9.50. The second kappa shape index (κ2) is 9.45. The van der Waals surface area contributed by atoms with Crippen molar-refractivity contribution in [1.29, 1.82) is 0 Å². The maximum Gasteiger partial charge on any atom is 0.241 e. The quantitative estimate of drug-likeness (QED) is 0.615. The Hall–Kier alpha value is -2.97. The standard InChI is InChI=1S/C23H26N4O3S/c28-22(17-25-31(29,30)21-9-5-2-6-10-21)26-14-11-19(12-15-26)18-27-16-13-24-23(27)20-7-3-1-4-8-20/h1-10,13,16,19,25H,11-12,14-15,17-18H2. The molecule has 0 aliphatic carbocycles. The predicted octanol–water partition coefficient (Wildman–Crippen LogP) is 2.77. The van der Waals surface area contributed by atoms with Crippen molar-refractivity contribution in [2.45, 2.75) is 24.3 Å². The Morgan fingerprint density at radius 3 is 2.32 bits per heavy atom. The van der Waals surface area contributed by atoms with Crippen LogP contribution in [0.15, 0.2) is 78.0 Å². The van der Waals surface area contributed by atoms with Crippen LogP contribution in [0, 0.1) is 5.92 Å². The molecule has 1 aliphatic rings. The highest BCUT2D eigenvalue weighted by Crippen LogP contribution is 2.23. The first kappa shape index (κ1) is 21.3. The molecule has 1 N–H and O–H groups in total. The van der Waals surface area contributed by atoms with Gasteiger partial charge in [-0.2, -0.15) is 0 Å². The fourth-order valence-corrected chi connectivity index (χ4v) is 4.89. The van der Waals surface area contributed by atoms with Crippen LogP contribution in [0.5, 0.6) is 0 Å². The third kappa shape index (κ3) is 5.21. The summed E-state index contributed by atoms with van der Waals surface area (Å²) in [6, 6.07) is 18.2. The van der Waals surface area contributed by atoms with Crippen LogP contribution >= 0.6 is 0 Å². The number of amides is 1. The SMILES string of the molecule is O=C(CNS(=O)(=O)c1ccccc1)N1CCC(Cn2ccnc2-c2ccccc2)CC1. The van der Waals surface area contributed by atoms with E-state index >= 15 is 0 Å². The Labute approximate surface area is 182 Å². The van der Waals surface area contributed by atoms with Gasteiger partial charge in [-0.15, -0.1) is 0 Å². The number of hydrogen-bond acceptors (Lipinski definition) is 4. The zero-order chi connectivity index (χ0) is 21.7. The van der Waals surface area contributed by atoms with Gasteiger partial charge >= 0.3 is 0 Å². The van der Waals surface area contributed by atoms with Gasteiger partial charge in [0, 0.05) is 37.6 Å². The zero-order valence-corrected chi connectivity index (χ0v) is 18.0. The molecule has 1 amide bonds. The minimum atomic E-state index is -3.68. The minimum absolute atomic E-state index is 0.163. The van der Waals surface area contributed by atoms with Crippen LogP contribution in [0.4, 0.5) is 0 Å². The van der Waals surface area contributed by atoms with Gasteiger partial charge in [-0.05, 0) is 30.9 Å². The van der Waals surface area contributed by atoms with E-state index in [-0.39, 0.29) is 17.3 Å². The molecule has 4 rings (SSSR count). The lowest BCUT2D eigenvalue weighted by Gasteiger charge is -2.32. The van der Waals surface area contributed by atoms with Crippen LogP contribution in [0.1, 0.15) is 12.8 Å². The van der Waals surface area contributed by atoms with Gasteiger partial charge in [-0.25, -0.2) is 18.1 Å². The summed E-state index contributed by atoms with van der Waals surface area (Å²) in [5.74, 6) is 1.21. The summed E-state index contributed by atoms with van der Waals surface area (Å²) in [6.07, 6.45) is 5.57. The van der Waals surface area contributed by atoms with Crippen LogP contribution in [0.25, 0.3) is 11.4 Å². The molecule has 7 nitrogen and oxygen atoms in total. The molecule has 1 fully saturated rings. The molecule has 2 heterocycles. The van der Waals surface area contributed by atoms with Gasteiger partial charge in [-0.1, -0.05) is 48.5 Å². The largest absolute Gasteiger partial charge is 0.342 e. The van der Waals surface area contributed by atoms with E-state index in [1.807, 2.05) is 30.6 Å². The highest BCUT2D eigenvalue weighted by molar-refractivity contribution is 7.89. The van der Waals surface area contributed by atoms with E-state index in [0.29, 0.717) is 19.0 Å². The molecule has 0 spiro atoms. The summed E-state index contributed by atoms with van der Waals surface area (Å²) in [6.45, 7) is 1.90. The monoisotopic (exact) mass is 438 g/mol. The van der Waals surface area contributed by atoms with Gasteiger partial charge in [0.05, 0.1) is 11.4 Å². The van der Waals surface area contributed by atoms with Gasteiger partial charge in [-0.3, -0.25) is 4.79 Å². The summed E-state index contributed by atoms with van der Waals surface area (Å²) < 4.78 is 29.2. The van der Waals surface area contributed by atoms with Crippen molar-refractivity contribution in [3.05, 3.63) is 73.1 Å². The number of likely N-dealkylation sites (tertiary alicyclic amines) is 1. The molecule has 1 saturated heterocycles. The normalized spacial score (nSPS) is 15.2. The third-order valence-electron chi connectivity index (χ3n) is 5.64. The van der Waals surface area contributed by atoms with Crippen molar-refractivity contribution in [3.63, 3.8) is 0 Å². The molecule has 0 atom stereocenters. The van der Waals surface area contributed by atoms with Crippen LogP contribution in [0.3, 0.4) is 0 Å². The number of carbonyl (C=O) groups is 1. The molecular formula is C23H26N4O3S. The van der Waals surface area contributed by atoms with Crippen LogP contribution in [0.2, 0.25) is 0 Å². The maximum atomic E-state index is 12.5. The number of nitrogens with one attached hydrogen (secondary N) is 1. The first-order valence-corrected chi connectivity index (χ1v) is 11.9. The minimum Gasteiger partial charge on any atom is -0.342 e. The number of hydrogen-bond donors (Lipinski definition) is 1. The number of benzene rings is 2. The molecule has 0 saturated carbocycles. The Balaban J connectivity index is 1.28. The van der Waals surface area contributed by atoms with Crippen molar-refractivity contribution in [1.82, 2.24) is 19.2 Å². The average molecular weight is 439 g/mol. The Bertz CT molecular complexity index is 1110. The Morgan fingerprint density at radius 2 is 1.65 bits per heavy atom. The fraction of sp³-hybridized carbons (Fsp3) is 0.304. The van der Waals surface area contributed by atoms with E-state index in [2.05, 4.69) is 26.4 Å². The summed E-state index contributed by atoms with van der Waals surface area (Å²) in [7, 11) is -3.68. The van der Waals surface area contributed by atoms with Gasteiger partial charge in [0.25, 0.3) is 0 Å². The highest BCUT2D eigenvalue weighted by Gasteiger charge is 2.25. The van der Waals surface area contributed by atoms with Crippen LogP contribution < -0.4 is 4.72 Å². The molecule has 8 heteroatoms. The fourth-order valence-electron chi connectivity index (χ4n) is 3.90. The maximum absolute atomic E-state index is 12.5.